The summed E-state index contributed by atoms with van der Waals surface area (Å²) in [5.41, 5.74) is 9.43. The third kappa shape index (κ3) is 7.56. The first-order chi connectivity index (χ1) is 19.3. The van der Waals surface area contributed by atoms with Gasteiger partial charge in [0.25, 0.3) is 0 Å². The maximum atomic E-state index is 15.0. The van der Waals surface area contributed by atoms with E-state index < -0.39 is 11.5 Å². The van der Waals surface area contributed by atoms with Crippen molar-refractivity contribution in [1.82, 2.24) is 25.2 Å². The van der Waals surface area contributed by atoms with E-state index in [4.69, 9.17) is 22.1 Å². The Balaban J connectivity index is 1.50. The average molecular weight is 569 g/mol. The van der Waals surface area contributed by atoms with Gasteiger partial charge >= 0.3 is 5.69 Å². The molecule has 10 heteroatoms. The lowest BCUT2D eigenvalue weighted by molar-refractivity contribution is 0.165. The normalized spacial score (nSPS) is 13.2. The van der Waals surface area contributed by atoms with Crippen molar-refractivity contribution in [3.8, 4) is 16.9 Å². The van der Waals surface area contributed by atoms with Gasteiger partial charge in [-0.25, -0.2) is 9.18 Å². The van der Waals surface area contributed by atoms with E-state index in [0.717, 1.165) is 49.9 Å². The predicted octanol–water partition coefficient (Wildman–Crippen LogP) is 4.56. The molecular weight excluding hydrogens is 531 g/mol. The zero-order chi connectivity index (χ0) is 28.6. The summed E-state index contributed by atoms with van der Waals surface area (Å²) in [5.74, 6) is -0.510. The molecule has 8 nitrogen and oxygen atoms in total. The van der Waals surface area contributed by atoms with Crippen LogP contribution in [0.1, 0.15) is 37.3 Å². The number of fused-ring (bicyclic) bond motifs is 1. The van der Waals surface area contributed by atoms with E-state index in [-0.39, 0.29) is 11.1 Å². The number of hydrogen-bond acceptors (Lipinski definition) is 6. The van der Waals surface area contributed by atoms with Crippen LogP contribution >= 0.6 is 11.6 Å². The molecule has 2 heterocycles. The largest absolute Gasteiger partial charge is 0.383 e. The number of benzene rings is 2. The second-order valence-electron chi connectivity index (χ2n) is 10.3. The standard InChI is InChI=1S/C30H38ClFN6O2/c1-19(33)5-4-6-21-13-25(28(32)26(31)14-21)27-15-22-17-38(30(39)37-29(22)36-27)24-9-7-20(8-10-24)16-35-12-11-23(34-2)18-40-3/h7-10,13-15,17,19,23,34-35H,4-6,11-12,16,18,33H2,1-3H3,(H,36,37,39)/t19-,23+/m0/s1. The first-order valence-corrected chi connectivity index (χ1v) is 14.0. The smallest absolute Gasteiger partial charge is 0.354 e. The maximum absolute atomic E-state index is 15.0. The number of aromatic amines is 1. The highest BCUT2D eigenvalue weighted by molar-refractivity contribution is 6.31. The summed E-state index contributed by atoms with van der Waals surface area (Å²) < 4.78 is 21.7. The fraction of sp³-hybridized carbons (Fsp3) is 0.400. The molecule has 0 spiro atoms. The fourth-order valence-corrected chi connectivity index (χ4v) is 4.98. The number of likely N-dealkylation sites (N-methyl/N-ethyl adjacent to an activating group) is 1. The molecule has 0 fully saturated rings. The van der Waals surface area contributed by atoms with Gasteiger partial charge in [0.15, 0.2) is 5.82 Å². The molecular formula is C30H38ClFN6O2. The van der Waals surface area contributed by atoms with Crippen molar-refractivity contribution in [3.63, 3.8) is 0 Å². The topological polar surface area (TPSA) is 110 Å². The van der Waals surface area contributed by atoms with Gasteiger partial charge in [-0.05, 0) is 87.7 Å². The summed E-state index contributed by atoms with van der Waals surface area (Å²) in [6.07, 6.45) is 5.17. The Morgan fingerprint density at radius 1 is 1.18 bits per heavy atom. The molecule has 5 N–H and O–H groups in total. The van der Waals surface area contributed by atoms with Gasteiger partial charge in [0.05, 0.1) is 23.0 Å². The van der Waals surface area contributed by atoms with E-state index in [1.807, 2.05) is 38.2 Å². The molecule has 0 saturated heterocycles. The van der Waals surface area contributed by atoms with E-state index in [1.54, 1.807) is 31.5 Å². The minimum Gasteiger partial charge on any atom is -0.383 e. The van der Waals surface area contributed by atoms with E-state index in [1.165, 1.54) is 4.57 Å². The van der Waals surface area contributed by atoms with E-state index >= 15 is 4.39 Å². The number of hydrogen-bond donors (Lipinski definition) is 4. The quantitative estimate of drug-likeness (QED) is 0.166. The molecule has 0 radical (unpaired) electrons. The van der Waals surface area contributed by atoms with Crippen molar-refractivity contribution in [3.05, 3.63) is 81.1 Å². The molecule has 4 rings (SSSR count). The van der Waals surface area contributed by atoms with Gasteiger partial charge in [0, 0.05) is 42.9 Å². The highest BCUT2D eigenvalue weighted by atomic mass is 35.5. The van der Waals surface area contributed by atoms with E-state index in [9.17, 15) is 4.79 Å². The summed E-state index contributed by atoms with van der Waals surface area (Å²) in [4.78, 5) is 20.2. The Hall–Kier alpha value is -3.08. The number of rotatable bonds is 14. The summed E-state index contributed by atoms with van der Waals surface area (Å²) in [6.45, 7) is 4.21. The molecule has 0 aliphatic carbocycles. The number of methoxy groups -OCH3 is 1. The second-order valence-corrected chi connectivity index (χ2v) is 10.7. The highest BCUT2D eigenvalue weighted by Crippen LogP contribution is 2.31. The maximum Gasteiger partial charge on any atom is 0.354 e. The van der Waals surface area contributed by atoms with Crippen molar-refractivity contribution in [1.29, 1.82) is 0 Å². The Morgan fingerprint density at radius 2 is 1.95 bits per heavy atom. The molecule has 0 amide bonds. The summed E-state index contributed by atoms with van der Waals surface area (Å²) >= 11 is 6.23. The Labute approximate surface area is 239 Å². The predicted molar refractivity (Wildman–Crippen MR) is 160 cm³/mol. The number of aromatic nitrogens is 3. The van der Waals surface area contributed by atoms with Gasteiger partial charge < -0.3 is 26.1 Å². The molecule has 4 aromatic rings. The molecule has 0 bridgehead atoms. The molecule has 0 aliphatic rings. The molecule has 0 aliphatic heterocycles. The lowest BCUT2D eigenvalue weighted by Crippen LogP contribution is -2.33. The van der Waals surface area contributed by atoms with Crippen molar-refractivity contribution < 1.29 is 9.13 Å². The van der Waals surface area contributed by atoms with Gasteiger partial charge in [0.2, 0.25) is 0 Å². The van der Waals surface area contributed by atoms with Gasteiger partial charge in [-0.15, -0.1) is 0 Å². The number of nitrogens with zero attached hydrogens (tertiary/aromatic N) is 2. The third-order valence-electron chi connectivity index (χ3n) is 7.00. The van der Waals surface area contributed by atoms with Crippen molar-refractivity contribution in [2.75, 3.05) is 27.3 Å². The second kappa shape index (κ2) is 14.0. The fourth-order valence-electron chi connectivity index (χ4n) is 4.73. The number of aryl methyl sites for hydroxylation is 1. The molecule has 2 atom stereocenters. The lowest BCUT2D eigenvalue weighted by atomic mass is 10.0. The van der Waals surface area contributed by atoms with Crippen molar-refractivity contribution in [2.24, 2.45) is 5.73 Å². The summed E-state index contributed by atoms with van der Waals surface area (Å²) in [7, 11) is 3.64. The molecule has 0 saturated carbocycles. The molecule has 214 valence electrons. The van der Waals surface area contributed by atoms with Gasteiger partial charge in [-0.3, -0.25) is 4.57 Å². The van der Waals surface area contributed by atoms with Crippen LogP contribution in [0, 0.1) is 5.82 Å². The number of ether oxygens (including phenoxy) is 1. The van der Waals surface area contributed by atoms with Crippen LogP contribution in [0.4, 0.5) is 4.39 Å². The van der Waals surface area contributed by atoms with Gasteiger partial charge in [-0.2, -0.15) is 4.98 Å². The van der Waals surface area contributed by atoms with E-state index in [0.29, 0.717) is 40.6 Å². The van der Waals surface area contributed by atoms with Crippen LogP contribution in [0.5, 0.6) is 0 Å². The van der Waals surface area contributed by atoms with Gasteiger partial charge in [-0.1, -0.05) is 23.7 Å². The zero-order valence-corrected chi connectivity index (χ0v) is 24.0. The summed E-state index contributed by atoms with van der Waals surface area (Å²) in [5, 5.41) is 7.43. The average Bonchev–Trinajstić information content (AvgIpc) is 3.34. The van der Waals surface area contributed by atoms with Crippen molar-refractivity contribution >= 4 is 22.6 Å². The van der Waals surface area contributed by atoms with Crippen LogP contribution in [0.3, 0.4) is 0 Å². The number of nitrogens with one attached hydrogen (secondary N) is 3. The summed E-state index contributed by atoms with van der Waals surface area (Å²) in [6, 6.07) is 13.4. The van der Waals surface area contributed by atoms with Crippen molar-refractivity contribution in [2.45, 2.75) is 51.2 Å². The molecule has 2 aromatic heterocycles. The Morgan fingerprint density at radius 3 is 2.65 bits per heavy atom. The number of nitrogens with two attached hydrogens (primary N) is 1. The molecule has 2 aromatic carbocycles. The lowest BCUT2D eigenvalue weighted by Gasteiger charge is -2.15. The Kier molecular flexibility index (Phi) is 10.5. The minimum atomic E-state index is -0.510. The number of halogens is 2. The minimum absolute atomic E-state index is 0.0610. The zero-order valence-electron chi connectivity index (χ0n) is 23.3. The SMILES string of the molecule is CN[C@H](CCNCc1ccc(-n2cc3cc(-c4cc(CCC[C@H](C)N)cc(Cl)c4F)[nH]c3nc2=O)cc1)COC. The monoisotopic (exact) mass is 568 g/mol. The molecule has 0 unspecified atom stereocenters. The van der Waals surface area contributed by atoms with E-state index in [2.05, 4.69) is 20.6 Å². The number of H-pyrrole nitrogens is 1. The highest BCUT2D eigenvalue weighted by Gasteiger charge is 2.15. The Bertz CT molecular complexity index is 1470. The van der Waals surface area contributed by atoms with Crippen LogP contribution in [0.2, 0.25) is 5.02 Å². The van der Waals surface area contributed by atoms with Crippen LogP contribution < -0.4 is 22.1 Å². The first-order valence-electron chi connectivity index (χ1n) is 13.6. The van der Waals surface area contributed by atoms with Crippen LogP contribution in [0.25, 0.3) is 28.0 Å². The third-order valence-corrected chi connectivity index (χ3v) is 7.28. The van der Waals surface area contributed by atoms with Crippen LogP contribution in [-0.2, 0) is 17.7 Å². The first kappa shape index (κ1) is 29.9. The van der Waals surface area contributed by atoms with Gasteiger partial charge in [0.1, 0.15) is 5.65 Å². The van der Waals surface area contributed by atoms with Crippen LogP contribution in [0.15, 0.2) is 53.5 Å². The molecule has 40 heavy (non-hydrogen) atoms. The van der Waals surface area contributed by atoms with Crippen LogP contribution in [-0.4, -0.2) is 53.9 Å².